The monoisotopic (exact) mass is 194 g/mol. The van der Waals surface area contributed by atoms with Crippen LogP contribution >= 0.6 is 11.6 Å². The van der Waals surface area contributed by atoms with Crippen LogP contribution < -0.4 is 0 Å². The van der Waals surface area contributed by atoms with Crippen LogP contribution in [0.15, 0.2) is 30.3 Å². The largest absolute Gasteiger partial charge is 0.302 e. The van der Waals surface area contributed by atoms with E-state index < -0.39 is 0 Å². The molecule has 1 aliphatic rings. The van der Waals surface area contributed by atoms with E-state index in [-0.39, 0.29) is 10.8 Å². The lowest BCUT2D eigenvalue weighted by atomic mass is 9.93. The van der Waals surface area contributed by atoms with Gasteiger partial charge in [-0.2, -0.15) is 0 Å². The molecule has 1 unspecified atom stereocenters. The summed E-state index contributed by atoms with van der Waals surface area (Å²) in [5, 5.41) is -0.366. The smallest absolute Gasteiger partial charge is 0.138 e. The van der Waals surface area contributed by atoms with Gasteiger partial charge in [0.1, 0.15) is 6.29 Å². The van der Waals surface area contributed by atoms with Gasteiger partial charge >= 0.3 is 0 Å². The summed E-state index contributed by atoms with van der Waals surface area (Å²) in [5.41, 5.74) is 1.15. The Labute approximate surface area is 82.7 Å². The molecule has 0 heterocycles. The maximum atomic E-state index is 10.6. The Balaban J connectivity index is 2.31. The van der Waals surface area contributed by atoms with Crippen molar-refractivity contribution in [2.45, 2.75) is 23.6 Å². The fraction of sp³-hybridized carbons (Fsp3) is 0.364. The van der Waals surface area contributed by atoms with Gasteiger partial charge in [0.15, 0.2) is 0 Å². The van der Waals surface area contributed by atoms with E-state index in [4.69, 9.17) is 11.6 Å². The van der Waals surface area contributed by atoms with Crippen molar-refractivity contribution >= 4 is 17.9 Å². The maximum Gasteiger partial charge on any atom is 0.138 e. The van der Waals surface area contributed by atoms with Gasteiger partial charge in [0.2, 0.25) is 0 Å². The summed E-state index contributed by atoms with van der Waals surface area (Å²) in [7, 11) is 0. The molecule has 0 amide bonds. The molecule has 0 saturated heterocycles. The lowest BCUT2D eigenvalue weighted by Crippen LogP contribution is -2.21. The molecule has 68 valence electrons. The number of rotatable bonds is 3. The molecule has 1 fully saturated rings. The Kier molecular flexibility index (Phi) is 2.12. The highest BCUT2D eigenvalue weighted by Gasteiger charge is 2.49. The van der Waals surface area contributed by atoms with E-state index in [0.29, 0.717) is 0 Å². The molecular formula is C11H11ClO. The molecule has 0 spiro atoms. The fourth-order valence-electron chi connectivity index (χ4n) is 1.76. The van der Waals surface area contributed by atoms with Crippen LogP contribution in [0.2, 0.25) is 0 Å². The SMILES string of the molecule is O=CC(Cl)C1(c2ccccc2)CC1. The van der Waals surface area contributed by atoms with E-state index in [0.717, 1.165) is 19.1 Å². The molecule has 0 aromatic heterocycles. The van der Waals surface area contributed by atoms with Gasteiger partial charge in [-0.15, -0.1) is 11.6 Å². The normalized spacial score (nSPS) is 20.7. The first-order valence-corrected chi connectivity index (χ1v) is 4.88. The highest BCUT2D eigenvalue weighted by atomic mass is 35.5. The quantitative estimate of drug-likeness (QED) is 0.534. The molecule has 13 heavy (non-hydrogen) atoms. The molecule has 1 saturated carbocycles. The minimum atomic E-state index is -0.366. The summed E-state index contributed by atoms with van der Waals surface area (Å²) < 4.78 is 0. The van der Waals surface area contributed by atoms with Crippen molar-refractivity contribution in [3.8, 4) is 0 Å². The van der Waals surface area contributed by atoms with Crippen LogP contribution in [0.4, 0.5) is 0 Å². The van der Waals surface area contributed by atoms with E-state index in [1.54, 1.807) is 0 Å². The summed E-state index contributed by atoms with van der Waals surface area (Å²) in [6, 6.07) is 10.1. The first kappa shape index (κ1) is 8.76. The van der Waals surface area contributed by atoms with Crippen LogP contribution in [0.25, 0.3) is 0 Å². The number of alkyl halides is 1. The van der Waals surface area contributed by atoms with Gasteiger partial charge in [0, 0.05) is 5.41 Å². The molecule has 0 bridgehead atoms. The van der Waals surface area contributed by atoms with Crippen LogP contribution in [0.1, 0.15) is 18.4 Å². The molecule has 0 N–H and O–H groups in total. The number of aldehydes is 1. The van der Waals surface area contributed by atoms with Gasteiger partial charge < -0.3 is 4.79 Å². The fourth-order valence-corrected chi connectivity index (χ4v) is 2.10. The molecule has 1 aromatic carbocycles. The minimum Gasteiger partial charge on any atom is -0.302 e. The van der Waals surface area contributed by atoms with Gasteiger partial charge in [0.05, 0.1) is 5.38 Å². The lowest BCUT2D eigenvalue weighted by Gasteiger charge is -2.16. The van der Waals surface area contributed by atoms with Gasteiger partial charge in [-0.3, -0.25) is 0 Å². The van der Waals surface area contributed by atoms with Crippen molar-refractivity contribution < 1.29 is 4.79 Å². The third-order valence-corrected chi connectivity index (χ3v) is 3.31. The second-order valence-corrected chi connectivity index (χ2v) is 4.03. The summed E-state index contributed by atoms with van der Waals surface area (Å²) in [5.74, 6) is 0. The lowest BCUT2D eigenvalue weighted by molar-refractivity contribution is -0.108. The molecule has 0 aliphatic heterocycles. The average molecular weight is 195 g/mol. The number of carbonyl (C=O) groups is 1. The second-order valence-electron chi connectivity index (χ2n) is 3.56. The van der Waals surface area contributed by atoms with Gasteiger partial charge in [-0.25, -0.2) is 0 Å². The molecule has 2 rings (SSSR count). The van der Waals surface area contributed by atoms with Crippen molar-refractivity contribution in [3.05, 3.63) is 35.9 Å². The zero-order chi connectivity index (χ0) is 9.31. The number of hydrogen-bond acceptors (Lipinski definition) is 1. The standard InChI is InChI=1S/C11H11ClO/c12-10(8-13)11(6-7-11)9-4-2-1-3-5-9/h1-5,8,10H,6-7H2. The van der Waals surface area contributed by atoms with E-state index in [1.165, 1.54) is 5.56 Å². The Hall–Kier alpha value is -0.820. The average Bonchev–Trinajstić information content (AvgIpc) is 2.99. The molecule has 2 heteroatoms. The van der Waals surface area contributed by atoms with Crippen LogP contribution in [-0.2, 0) is 10.2 Å². The third kappa shape index (κ3) is 1.37. The highest BCUT2D eigenvalue weighted by Crippen LogP contribution is 2.52. The van der Waals surface area contributed by atoms with Crippen LogP contribution in [0.5, 0.6) is 0 Å². The number of halogens is 1. The van der Waals surface area contributed by atoms with Gasteiger partial charge in [-0.1, -0.05) is 30.3 Å². The maximum absolute atomic E-state index is 10.6. The topological polar surface area (TPSA) is 17.1 Å². The third-order valence-electron chi connectivity index (χ3n) is 2.78. The molecule has 1 aromatic rings. The highest BCUT2D eigenvalue weighted by molar-refractivity contribution is 6.28. The van der Waals surface area contributed by atoms with Gasteiger partial charge in [0.25, 0.3) is 0 Å². The number of carbonyl (C=O) groups excluding carboxylic acids is 1. The first-order chi connectivity index (χ1) is 6.29. The Morgan fingerprint density at radius 3 is 2.38 bits per heavy atom. The molecule has 1 atom stereocenters. The predicted octanol–water partition coefficient (Wildman–Crippen LogP) is 2.52. The molecule has 1 aliphatic carbocycles. The van der Waals surface area contributed by atoms with E-state index in [1.807, 2.05) is 30.3 Å². The van der Waals surface area contributed by atoms with Crippen LogP contribution in [0, 0.1) is 0 Å². The Bertz CT molecular complexity index is 303. The van der Waals surface area contributed by atoms with Crippen molar-refractivity contribution in [1.29, 1.82) is 0 Å². The zero-order valence-corrected chi connectivity index (χ0v) is 8.00. The number of benzene rings is 1. The predicted molar refractivity (Wildman–Crippen MR) is 53.1 cm³/mol. The summed E-state index contributed by atoms with van der Waals surface area (Å²) in [6.07, 6.45) is 2.91. The summed E-state index contributed by atoms with van der Waals surface area (Å²) in [6.45, 7) is 0. The second kappa shape index (κ2) is 3.15. The summed E-state index contributed by atoms with van der Waals surface area (Å²) in [4.78, 5) is 10.6. The first-order valence-electron chi connectivity index (χ1n) is 4.44. The Morgan fingerprint density at radius 2 is 1.92 bits per heavy atom. The number of hydrogen-bond donors (Lipinski definition) is 0. The van der Waals surface area contributed by atoms with E-state index in [9.17, 15) is 4.79 Å². The van der Waals surface area contributed by atoms with E-state index >= 15 is 0 Å². The van der Waals surface area contributed by atoms with Crippen molar-refractivity contribution in [2.75, 3.05) is 0 Å². The van der Waals surface area contributed by atoms with Crippen LogP contribution in [0.3, 0.4) is 0 Å². The molecular weight excluding hydrogens is 184 g/mol. The van der Waals surface area contributed by atoms with Crippen molar-refractivity contribution in [1.82, 2.24) is 0 Å². The zero-order valence-electron chi connectivity index (χ0n) is 7.24. The molecule has 1 nitrogen and oxygen atoms in total. The van der Waals surface area contributed by atoms with Crippen molar-refractivity contribution in [3.63, 3.8) is 0 Å². The van der Waals surface area contributed by atoms with Crippen molar-refractivity contribution in [2.24, 2.45) is 0 Å². The van der Waals surface area contributed by atoms with Crippen LogP contribution in [-0.4, -0.2) is 11.7 Å². The molecule has 0 radical (unpaired) electrons. The van der Waals surface area contributed by atoms with Gasteiger partial charge in [-0.05, 0) is 18.4 Å². The Morgan fingerprint density at radius 1 is 1.31 bits per heavy atom. The minimum absolute atomic E-state index is 0.0510. The summed E-state index contributed by atoms with van der Waals surface area (Å²) >= 11 is 5.99. The van der Waals surface area contributed by atoms with E-state index in [2.05, 4.69) is 0 Å².